The Balaban J connectivity index is 1.88. The largest absolute Gasteiger partial charge is 0.271 e. The zero-order chi connectivity index (χ0) is 16.7. The van der Waals surface area contributed by atoms with Gasteiger partial charge in [-0.1, -0.05) is 12.1 Å². The highest BCUT2D eigenvalue weighted by atomic mass is 19.1. The molecule has 0 bridgehead atoms. The molecule has 0 saturated carbocycles. The second kappa shape index (κ2) is 7.60. The first-order chi connectivity index (χ1) is 11.1. The van der Waals surface area contributed by atoms with Crippen LogP contribution in [-0.4, -0.2) is 17.0 Å². The minimum Gasteiger partial charge on any atom is -0.267 e. The topological polar surface area (TPSA) is 84.6 Å². The van der Waals surface area contributed by atoms with Crippen molar-refractivity contribution in [2.75, 3.05) is 0 Å². The summed E-state index contributed by atoms with van der Waals surface area (Å²) in [4.78, 5) is 21.7. The van der Waals surface area contributed by atoms with Crippen molar-refractivity contribution in [2.45, 2.75) is 0 Å². The number of allylic oxidation sites excluding steroid dienone is 1. The van der Waals surface area contributed by atoms with E-state index < -0.39 is 16.6 Å². The average Bonchev–Trinajstić information content (AvgIpc) is 2.54. The van der Waals surface area contributed by atoms with Crippen molar-refractivity contribution in [3.63, 3.8) is 0 Å². The van der Waals surface area contributed by atoms with E-state index in [1.807, 2.05) is 0 Å². The highest BCUT2D eigenvalue weighted by Gasteiger charge is 2.04. The number of amides is 1. The first-order valence-electron chi connectivity index (χ1n) is 6.56. The second-order valence-corrected chi connectivity index (χ2v) is 4.44. The molecule has 2 aromatic carbocycles. The van der Waals surface area contributed by atoms with Gasteiger partial charge in [0.25, 0.3) is 11.6 Å². The van der Waals surface area contributed by atoms with E-state index in [0.29, 0.717) is 0 Å². The highest BCUT2D eigenvalue weighted by Crippen LogP contribution is 2.12. The number of hydrazone groups is 1. The Kier molecular flexibility index (Phi) is 5.30. The molecule has 0 aliphatic rings. The number of nitro groups is 1. The molecule has 7 heteroatoms. The first-order valence-corrected chi connectivity index (χ1v) is 6.56. The van der Waals surface area contributed by atoms with Gasteiger partial charge in [-0.2, -0.15) is 5.10 Å². The number of hydrogen-bond donors (Lipinski definition) is 1. The summed E-state index contributed by atoms with van der Waals surface area (Å²) in [5, 5.41) is 14.2. The monoisotopic (exact) mass is 313 g/mol. The van der Waals surface area contributed by atoms with Crippen LogP contribution in [0.25, 0.3) is 6.08 Å². The zero-order valence-corrected chi connectivity index (χ0v) is 11.8. The first kappa shape index (κ1) is 16.0. The van der Waals surface area contributed by atoms with E-state index in [9.17, 15) is 19.3 Å². The fourth-order valence-corrected chi connectivity index (χ4v) is 1.69. The third-order valence-electron chi connectivity index (χ3n) is 2.81. The number of halogens is 1. The molecule has 0 spiro atoms. The van der Waals surface area contributed by atoms with Crippen molar-refractivity contribution in [1.82, 2.24) is 5.43 Å². The number of nitro benzene ring substituents is 1. The van der Waals surface area contributed by atoms with Gasteiger partial charge in [-0.05, 0) is 42.0 Å². The van der Waals surface area contributed by atoms with Crippen molar-refractivity contribution in [3.05, 3.63) is 81.7 Å². The van der Waals surface area contributed by atoms with Crippen LogP contribution in [0.1, 0.15) is 15.9 Å². The molecule has 116 valence electrons. The molecule has 23 heavy (non-hydrogen) atoms. The minimum atomic E-state index is -0.524. The molecule has 1 N–H and O–H groups in total. The maximum Gasteiger partial charge on any atom is 0.271 e. The molecular weight excluding hydrogens is 301 g/mol. The molecule has 0 aliphatic heterocycles. The Morgan fingerprint density at radius 1 is 1.22 bits per heavy atom. The summed E-state index contributed by atoms with van der Waals surface area (Å²) in [6, 6.07) is 11.2. The maximum atomic E-state index is 13.0. The van der Waals surface area contributed by atoms with E-state index in [2.05, 4.69) is 10.5 Å². The third kappa shape index (κ3) is 4.85. The number of nitrogens with one attached hydrogen (secondary N) is 1. The van der Waals surface area contributed by atoms with E-state index in [1.165, 1.54) is 36.5 Å². The molecule has 6 nitrogen and oxygen atoms in total. The fraction of sp³-hybridized carbons (Fsp3) is 0. The number of non-ortho nitro benzene ring substituents is 1. The van der Waals surface area contributed by atoms with Gasteiger partial charge in [-0.15, -0.1) is 0 Å². The van der Waals surface area contributed by atoms with Crippen LogP contribution in [0, 0.1) is 15.9 Å². The molecule has 0 fully saturated rings. The van der Waals surface area contributed by atoms with E-state index in [-0.39, 0.29) is 11.3 Å². The molecule has 2 aromatic rings. The number of hydrogen-bond acceptors (Lipinski definition) is 4. The van der Waals surface area contributed by atoms with E-state index >= 15 is 0 Å². The molecule has 0 radical (unpaired) electrons. The lowest BCUT2D eigenvalue weighted by molar-refractivity contribution is -0.384. The third-order valence-corrected chi connectivity index (χ3v) is 2.81. The normalized spacial score (nSPS) is 11.0. The van der Waals surface area contributed by atoms with E-state index in [4.69, 9.17) is 0 Å². The standard InChI is InChI=1S/C16H12FN3O3/c17-14-5-1-4-13(11-14)16(21)19-18-10-2-3-12-6-8-15(9-7-12)20(22)23/h1-11H,(H,19,21)/b3-2-,18-10-. The van der Waals surface area contributed by atoms with Gasteiger partial charge >= 0.3 is 0 Å². The van der Waals surface area contributed by atoms with E-state index in [0.717, 1.165) is 11.6 Å². The number of nitrogens with zero attached hydrogens (tertiary/aromatic N) is 2. The molecule has 0 heterocycles. The Morgan fingerprint density at radius 2 is 1.96 bits per heavy atom. The van der Waals surface area contributed by atoms with Gasteiger partial charge in [0.2, 0.25) is 0 Å². The van der Waals surface area contributed by atoms with Crippen molar-refractivity contribution in [3.8, 4) is 0 Å². The molecule has 2 rings (SSSR count). The summed E-state index contributed by atoms with van der Waals surface area (Å²) in [5.41, 5.74) is 3.19. The van der Waals surface area contributed by atoms with Crippen LogP contribution < -0.4 is 5.43 Å². The average molecular weight is 313 g/mol. The minimum absolute atomic E-state index is 0.0122. The van der Waals surface area contributed by atoms with Gasteiger partial charge in [-0.25, -0.2) is 9.82 Å². The van der Waals surface area contributed by atoms with Crippen molar-refractivity contribution >= 4 is 23.9 Å². The van der Waals surface area contributed by atoms with Crippen molar-refractivity contribution in [2.24, 2.45) is 5.10 Å². The lowest BCUT2D eigenvalue weighted by Gasteiger charge is -1.98. The van der Waals surface area contributed by atoms with Gasteiger partial charge in [0.1, 0.15) is 5.82 Å². The molecule has 1 amide bonds. The molecule has 0 aliphatic carbocycles. The molecule has 0 saturated heterocycles. The summed E-state index contributed by atoms with van der Waals surface area (Å²) in [6.07, 6.45) is 4.58. The SMILES string of the molecule is O=C(N/N=C\C=C/c1ccc([N+](=O)[O-])cc1)c1cccc(F)c1. The highest BCUT2D eigenvalue weighted by molar-refractivity contribution is 5.94. The molecule has 0 unspecified atom stereocenters. The van der Waals surface area contributed by atoms with Crippen LogP contribution in [0.2, 0.25) is 0 Å². The van der Waals surface area contributed by atoms with Gasteiger partial charge < -0.3 is 0 Å². The summed E-state index contributed by atoms with van der Waals surface area (Å²) < 4.78 is 13.0. The second-order valence-electron chi connectivity index (χ2n) is 4.44. The summed E-state index contributed by atoms with van der Waals surface area (Å²) >= 11 is 0. The quantitative estimate of drug-likeness (QED) is 0.522. The Hall–Kier alpha value is -3.35. The summed E-state index contributed by atoms with van der Waals surface area (Å²) in [5.74, 6) is -1.02. The van der Waals surface area contributed by atoms with Gasteiger partial charge in [-0.3, -0.25) is 14.9 Å². The predicted molar refractivity (Wildman–Crippen MR) is 84.5 cm³/mol. The molecular formula is C16H12FN3O3. The van der Waals surface area contributed by atoms with Gasteiger partial charge in [0, 0.05) is 23.9 Å². The van der Waals surface area contributed by atoms with Crippen LogP contribution in [-0.2, 0) is 0 Å². The smallest absolute Gasteiger partial charge is 0.267 e. The number of benzene rings is 2. The number of carbonyl (C=O) groups excluding carboxylic acids is 1. The molecule has 0 atom stereocenters. The predicted octanol–water partition coefficient (Wildman–Crippen LogP) is 3.16. The maximum absolute atomic E-state index is 13.0. The van der Waals surface area contributed by atoms with Crippen LogP contribution in [0.4, 0.5) is 10.1 Å². The van der Waals surface area contributed by atoms with Crippen LogP contribution in [0.15, 0.2) is 59.7 Å². The summed E-state index contributed by atoms with van der Waals surface area (Å²) in [6.45, 7) is 0. The van der Waals surface area contributed by atoms with Crippen LogP contribution in [0.3, 0.4) is 0 Å². The van der Waals surface area contributed by atoms with E-state index in [1.54, 1.807) is 24.3 Å². The van der Waals surface area contributed by atoms with Crippen LogP contribution >= 0.6 is 0 Å². The fourth-order valence-electron chi connectivity index (χ4n) is 1.69. The van der Waals surface area contributed by atoms with Crippen molar-refractivity contribution in [1.29, 1.82) is 0 Å². The summed E-state index contributed by atoms with van der Waals surface area (Å²) in [7, 11) is 0. The van der Waals surface area contributed by atoms with Gasteiger partial charge in [0.05, 0.1) is 4.92 Å². The number of rotatable bonds is 5. The Labute approximate surface area is 131 Å². The Bertz CT molecular complexity index is 770. The lowest BCUT2D eigenvalue weighted by atomic mass is 10.2. The van der Waals surface area contributed by atoms with Gasteiger partial charge in [0.15, 0.2) is 0 Å². The Morgan fingerprint density at radius 3 is 2.61 bits per heavy atom. The zero-order valence-electron chi connectivity index (χ0n) is 11.8. The number of carbonyl (C=O) groups is 1. The van der Waals surface area contributed by atoms with Crippen molar-refractivity contribution < 1.29 is 14.1 Å². The lowest BCUT2D eigenvalue weighted by Crippen LogP contribution is -2.17. The molecule has 0 aromatic heterocycles. The van der Waals surface area contributed by atoms with Crippen LogP contribution in [0.5, 0.6) is 0 Å².